The van der Waals surface area contributed by atoms with Crippen LogP contribution in [0.4, 0.5) is 4.79 Å². The van der Waals surface area contributed by atoms with E-state index in [1.54, 1.807) is 0 Å². The Kier molecular flexibility index (Phi) is 7.76. The molecule has 0 radical (unpaired) electrons. The summed E-state index contributed by atoms with van der Waals surface area (Å²) in [6, 6.07) is 21.2. The van der Waals surface area contributed by atoms with E-state index in [1.807, 2.05) is 36.4 Å². The van der Waals surface area contributed by atoms with Crippen LogP contribution in [0, 0.1) is 0 Å². The van der Waals surface area contributed by atoms with Crippen LogP contribution < -0.4 is 10.1 Å². The number of carbonyl (C=O) groups excluding carboxylic acids is 1. The monoisotopic (exact) mass is 539 g/mol. The number of hydrogen-bond donors (Lipinski definition) is 2. The molecule has 3 aliphatic carbocycles. The number of carbonyl (C=O) groups is 2. The average Bonchev–Trinajstić information content (AvgIpc) is 3.74. The second kappa shape index (κ2) is 11.7. The van der Waals surface area contributed by atoms with E-state index in [-0.39, 0.29) is 25.0 Å². The van der Waals surface area contributed by atoms with Crippen molar-refractivity contribution < 1.29 is 24.2 Å². The molecule has 2 fully saturated rings. The number of alkyl carbamates (subject to hydrolysis) is 1. The molecule has 208 valence electrons. The van der Waals surface area contributed by atoms with Crippen LogP contribution >= 0.6 is 0 Å². The zero-order chi connectivity index (χ0) is 27.5. The van der Waals surface area contributed by atoms with Gasteiger partial charge in [0, 0.05) is 12.3 Å². The Hall–Kier alpha value is -3.80. The second-order valence-corrected chi connectivity index (χ2v) is 11.4. The van der Waals surface area contributed by atoms with Crippen LogP contribution in [-0.4, -0.2) is 35.9 Å². The number of benzene rings is 3. The third-order valence-electron chi connectivity index (χ3n) is 8.84. The maximum absolute atomic E-state index is 12.8. The van der Waals surface area contributed by atoms with Gasteiger partial charge in [-0.3, -0.25) is 0 Å². The van der Waals surface area contributed by atoms with E-state index in [0.29, 0.717) is 5.92 Å². The number of amides is 1. The lowest BCUT2D eigenvalue weighted by Crippen LogP contribution is -2.43. The summed E-state index contributed by atoms with van der Waals surface area (Å²) in [4.78, 5) is 25.0. The molecule has 1 atom stereocenters. The average molecular weight is 540 g/mol. The molecule has 2 N–H and O–H groups in total. The third kappa shape index (κ3) is 5.58. The van der Waals surface area contributed by atoms with Crippen molar-refractivity contribution in [2.75, 3.05) is 6.61 Å². The first kappa shape index (κ1) is 26.4. The molecule has 6 nitrogen and oxygen atoms in total. The molecule has 6 heteroatoms. The van der Waals surface area contributed by atoms with Crippen LogP contribution in [0.15, 0.2) is 66.7 Å². The SMILES string of the molecule is O=C(NC(Cc1ccc(OC2CCCC2)c(C2CCCC2)c1)C(=O)O)OCC1c2ccccc2-c2ccccc21. The highest BCUT2D eigenvalue weighted by Crippen LogP contribution is 2.44. The molecule has 2 saturated carbocycles. The predicted molar refractivity (Wildman–Crippen MR) is 154 cm³/mol. The minimum Gasteiger partial charge on any atom is -0.490 e. The van der Waals surface area contributed by atoms with E-state index in [9.17, 15) is 14.7 Å². The van der Waals surface area contributed by atoms with Crippen molar-refractivity contribution in [2.45, 2.75) is 81.8 Å². The Labute approximate surface area is 235 Å². The highest BCUT2D eigenvalue weighted by molar-refractivity contribution is 5.81. The van der Waals surface area contributed by atoms with Crippen LogP contribution in [0.2, 0.25) is 0 Å². The first-order valence-corrected chi connectivity index (χ1v) is 14.7. The molecular weight excluding hydrogens is 502 g/mol. The van der Waals surface area contributed by atoms with Gasteiger partial charge in [0.2, 0.25) is 0 Å². The van der Waals surface area contributed by atoms with Crippen molar-refractivity contribution in [3.05, 3.63) is 89.0 Å². The van der Waals surface area contributed by atoms with Crippen molar-refractivity contribution in [1.29, 1.82) is 0 Å². The second-order valence-electron chi connectivity index (χ2n) is 11.4. The summed E-state index contributed by atoms with van der Waals surface area (Å²) in [7, 11) is 0. The fourth-order valence-corrected chi connectivity index (χ4v) is 6.79. The highest BCUT2D eigenvalue weighted by atomic mass is 16.5. The predicted octanol–water partition coefficient (Wildman–Crippen LogP) is 7.20. The van der Waals surface area contributed by atoms with E-state index in [0.717, 1.165) is 59.3 Å². The number of rotatable bonds is 9. The summed E-state index contributed by atoms with van der Waals surface area (Å²) >= 11 is 0. The lowest BCUT2D eigenvalue weighted by Gasteiger charge is -2.22. The largest absolute Gasteiger partial charge is 0.490 e. The fourth-order valence-electron chi connectivity index (χ4n) is 6.79. The molecule has 0 saturated heterocycles. The molecule has 6 rings (SSSR count). The zero-order valence-corrected chi connectivity index (χ0v) is 22.8. The number of carboxylic acids is 1. The summed E-state index contributed by atoms with van der Waals surface area (Å²) in [5, 5.41) is 12.6. The molecule has 0 aromatic heterocycles. The number of fused-ring (bicyclic) bond motifs is 3. The van der Waals surface area contributed by atoms with Gasteiger partial charge < -0.3 is 19.9 Å². The van der Waals surface area contributed by atoms with Crippen molar-refractivity contribution in [3.8, 4) is 16.9 Å². The topological polar surface area (TPSA) is 84.9 Å². The van der Waals surface area contributed by atoms with Crippen molar-refractivity contribution in [2.24, 2.45) is 0 Å². The molecule has 1 amide bonds. The number of nitrogens with one attached hydrogen (secondary N) is 1. The van der Waals surface area contributed by atoms with Crippen LogP contribution in [0.3, 0.4) is 0 Å². The van der Waals surface area contributed by atoms with Gasteiger partial charge in [-0.1, -0.05) is 73.5 Å². The summed E-state index contributed by atoms with van der Waals surface area (Å²) in [6.07, 6.45) is 9.02. The first-order chi connectivity index (χ1) is 19.6. The molecule has 0 aliphatic heterocycles. The Morgan fingerprint density at radius 2 is 1.45 bits per heavy atom. The third-order valence-corrected chi connectivity index (χ3v) is 8.84. The van der Waals surface area contributed by atoms with Crippen molar-refractivity contribution in [1.82, 2.24) is 5.32 Å². The maximum atomic E-state index is 12.8. The standard InChI is InChI=1S/C34H37NO5/c36-33(37)31(20-22-17-18-32(40-24-11-3-4-12-24)29(19-22)23-9-1-2-10-23)35-34(38)39-21-30-27-15-7-5-13-25(27)26-14-6-8-16-28(26)30/h5-8,13-19,23-24,30-31H,1-4,9-12,20-21H2,(H,35,38)(H,36,37). The van der Waals surface area contributed by atoms with Crippen LogP contribution in [-0.2, 0) is 16.0 Å². The lowest BCUT2D eigenvalue weighted by molar-refractivity contribution is -0.139. The van der Waals surface area contributed by atoms with E-state index in [2.05, 4.69) is 35.6 Å². The summed E-state index contributed by atoms with van der Waals surface area (Å²) in [6.45, 7) is 0.144. The molecule has 3 aromatic rings. The van der Waals surface area contributed by atoms with Gasteiger partial charge in [0.25, 0.3) is 0 Å². The van der Waals surface area contributed by atoms with Gasteiger partial charge in [-0.2, -0.15) is 0 Å². The van der Waals surface area contributed by atoms with Gasteiger partial charge in [0.15, 0.2) is 0 Å². The van der Waals surface area contributed by atoms with Crippen LogP contribution in [0.25, 0.3) is 11.1 Å². The number of aliphatic carboxylic acids is 1. The van der Waals surface area contributed by atoms with Crippen LogP contribution in [0.5, 0.6) is 5.75 Å². The Balaban J connectivity index is 1.13. The Morgan fingerprint density at radius 1 is 0.825 bits per heavy atom. The first-order valence-electron chi connectivity index (χ1n) is 14.7. The Bertz CT molecular complexity index is 1330. The van der Waals surface area contributed by atoms with E-state index in [4.69, 9.17) is 9.47 Å². The van der Waals surface area contributed by atoms with Crippen LogP contribution in [0.1, 0.15) is 85.5 Å². The quantitative estimate of drug-likeness (QED) is 0.300. The van der Waals surface area contributed by atoms with E-state index in [1.165, 1.54) is 31.2 Å². The number of carboxylic acid groups (broad SMARTS) is 1. The minimum absolute atomic E-state index is 0.0807. The molecule has 3 aromatic carbocycles. The summed E-state index contributed by atoms with van der Waals surface area (Å²) in [5.74, 6) is 0.221. The Morgan fingerprint density at radius 3 is 2.10 bits per heavy atom. The van der Waals surface area contributed by atoms with Crippen molar-refractivity contribution >= 4 is 12.1 Å². The zero-order valence-electron chi connectivity index (χ0n) is 22.8. The molecular formula is C34H37NO5. The fraction of sp³-hybridized carbons (Fsp3) is 0.412. The van der Waals surface area contributed by atoms with E-state index < -0.39 is 18.1 Å². The molecule has 0 heterocycles. The van der Waals surface area contributed by atoms with Gasteiger partial charge in [-0.05, 0) is 83.9 Å². The smallest absolute Gasteiger partial charge is 0.407 e. The van der Waals surface area contributed by atoms with Gasteiger partial charge >= 0.3 is 12.1 Å². The van der Waals surface area contributed by atoms with Gasteiger partial charge in [0.05, 0.1) is 6.10 Å². The van der Waals surface area contributed by atoms with E-state index >= 15 is 0 Å². The van der Waals surface area contributed by atoms with Gasteiger partial charge in [0.1, 0.15) is 18.4 Å². The normalized spacial score (nSPS) is 17.8. The minimum atomic E-state index is -1.09. The molecule has 3 aliphatic rings. The van der Waals surface area contributed by atoms with Gasteiger partial charge in [-0.25, -0.2) is 9.59 Å². The number of hydrogen-bond acceptors (Lipinski definition) is 4. The maximum Gasteiger partial charge on any atom is 0.407 e. The molecule has 0 spiro atoms. The van der Waals surface area contributed by atoms with Crippen molar-refractivity contribution in [3.63, 3.8) is 0 Å². The summed E-state index contributed by atoms with van der Waals surface area (Å²) < 4.78 is 12.0. The number of ether oxygens (including phenoxy) is 2. The van der Waals surface area contributed by atoms with Gasteiger partial charge in [-0.15, -0.1) is 0 Å². The molecule has 40 heavy (non-hydrogen) atoms. The lowest BCUT2D eigenvalue weighted by atomic mass is 9.93. The summed E-state index contributed by atoms with van der Waals surface area (Å²) in [5.41, 5.74) is 6.60. The molecule has 1 unspecified atom stereocenters. The molecule has 0 bridgehead atoms. The highest BCUT2D eigenvalue weighted by Gasteiger charge is 2.30.